The van der Waals surface area contributed by atoms with Crippen molar-refractivity contribution >= 4 is 33.6 Å². The molecule has 53 heavy (non-hydrogen) atoms. The third-order valence-electron chi connectivity index (χ3n) is 11.3. The molecule has 0 fully saturated rings. The van der Waals surface area contributed by atoms with Crippen molar-refractivity contribution in [1.29, 1.82) is 0 Å². The molecule has 2 aromatic carbocycles. The van der Waals surface area contributed by atoms with Crippen LogP contribution < -0.4 is 20.1 Å². The molecule has 1 aliphatic heterocycles. The lowest BCUT2D eigenvalue weighted by atomic mass is 9.75. The number of rotatable bonds is 9. The van der Waals surface area contributed by atoms with E-state index in [-0.39, 0.29) is 40.8 Å². The van der Waals surface area contributed by atoms with Gasteiger partial charge in [-0.3, -0.25) is 9.59 Å². The molecule has 0 bridgehead atoms. The maximum Gasteiger partial charge on any atom is 0.216 e. The number of carbonyl (C=O) groups excluding carboxylic acids is 2. The molecule has 0 saturated heterocycles. The Morgan fingerprint density at radius 3 is 2.04 bits per heavy atom. The van der Waals surface area contributed by atoms with Crippen LogP contribution in [0.2, 0.25) is 0 Å². The molecule has 0 spiro atoms. The molecule has 6 N–H and O–H groups in total. The zero-order chi connectivity index (χ0) is 38.4. The quantitative estimate of drug-likeness (QED) is 0.0966. The second kappa shape index (κ2) is 14.7. The van der Waals surface area contributed by atoms with E-state index in [0.29, 0.717) is 42.4 Å². The Kier molecular flexibility index (Phi) is 10.5. The number of H-pyrrole nitrogens is 2. The van der Waals surface area contributed by atoms with Gasteiger partial charge in [-0.2, -0.15) is 0 Å². The number of aromatic nitrogens is 2. The van der Waals surface area contributed by atoms with Crippen LogP contribution >= 0.6 is 0 Å². The fourth-order valence-electron chi connectivity index (χ4n) is 8.67. The Bertz CT molecular complexity index is 2150. The van der Waals surface area contributed by atoms with Gasteiger partial charge in [0.1, 0.15) is 22.8 Å². The normalized spacial score (nSPS) is 21.1. The van der Waals surface area contributed by atoms with Crippen LogP contribution in [0, 0.1) is 11.8 Å². The maximum absolute atomic E-state index is 11.2. The minimum absolute atomic E-state index is 0.00989. The first-order valence-electron chi connectivity index (χ1n) is 18.5. The average Bonchev–Trinajstić information content (AvgIpc) is 3.87. The minimum atomic E-state index is -0.243. The fourth-order valence-corrected chi connectivity index (χ4v) is 8.67. The average molecular weight is 723 g/mol. The smallest absolute Gasteiger partial charge is 0.216 e. The molecule has 4 atom stereocenters. The van der Waals surface area contributed by atoms with E-state index in [1.807, 2.05) is 19.3 Å². The molecular formula is C43H54N4O6. The second-order valence-electron chi connectivity index (χ2n) is 15.7. The number of phenols is 2. The molecular weight excluding hydrogens is 668 g/mol. The Labute approximate surface area is 311 Å². The molecule has 10 heteroatoms. The standard InChI is InChI=1S/C22H28N2O3.C21H26N2O3/c1-12-8-16-17(9-12)22(3,4)27-21-19(16)18(26-5)10-15-14(11-24-20(15)21)6-7-23-13(2)25;1-11(2)15-7-12(3)8-17(15)19-18(25)9-16-14(5-6-22-13(4)24)10-23-20(16)21(19)26/h8,10-11,16-17,24H,6-7,9H2,1-5H3,(H,23,25);8-10,15,17,23,25-26H,1,5-7H2,2-4H3,(H,22,24). The van der Waals surface area contributed by atoms with Gasteiger partial charge in [0.15, 0.2) is 5.75 Å². The largest absolute Gasteiger partial charge is 0.507 e. The lowest BCUT2D eigenvalue weighted by Crippen LogP contribution is -2.43. The van der Waals surface area contributed by atoms with Gasteiger partial charge in [0.05, 0.1) is 18.1 Å². The number of amides is 2. The van der Waals surface area contributed by atoms with Crippen LogP contribution in [0.5, 0.6) is 23.0 Å². The topological polar surface area (TPSA) is 149 Å². The summed E-state index contributed by atoms with van der Waals surface area (Å²) in [5.41, 5.74) is 8.91. The molecule has 0 saturated carbocycles. The Balaban J connectivity index is 0.000000182. The van der Waals surface area contributed by atoms with Crippen LogP contribution in [-0.2, 0) is 22.4 Å². The first-order valence-corrected chi connectivity index (χ1v) is 18.5. The number of nitrogens with one attached hydrogen (secondary N) is 4. The summed E-state index contributed by atoms with van der Waals surface area (Å²) in [6.07, 6.45) is 11.7. The number of fused-ring (bicyclic) bond motifs is 6. The van der Waals surface area contributed by atoms with Crippen molar-refractivity contribution in [3.8, 4) is 23.0 Å². The molecule has 2 aromatic heterocycles. The number of carbonyl (C=O) groups is 2. The summed E-state index contributed by atoms with van der Waals surface area (Å²) in [5.74, 6) is 2.73. The number of hydrogen-bond donors (Lipinski definition) is 6. The zero-order valence-electron chi connectivity index (χ0n) is 32.3. The number of hydrogen-bond acceptors (Lipinski definition) is 6. The summed E-state index contributed by atoms with van der Waals surface area (Å²) in [5, 5.41) is 29.1. The molecule has 2 amide bonds. The van der Waals surface area contributed by atoms with E-state index < -0.39 is 0 Å². The summed E-state index contributed by atoms with van der Waals surface area (Å²) in [6.45, 7) is 18.9. The summed E-state index contributed by atoms with van der Waals surface area (Å²) in [4.78, 5) is 28.7. The van der Waals surface area contributed by atoms with Crippen LogP contribution in [0.3, 0.4) is 0 Å². The molecule has 3 aliphatic rings. The van der Waals surface area contributed by atoms with Gasteiger partial charge in [-0.1, -0.05) is 35.5 Å². The van der Waals surface area contributed by atoms with Crippen molar-refractivity contribution in [3.05, 3.63) is 82.2 Å². The highest BCUT2D eigenvalue weighted by Gasteiger charge is 2.47. The number of aromatic hydroxyl groups is 2. The molecule has 4 aromatic rings. The summed E-state index contributed by atoms with van der Waals surface area (Å²) >= 11 is 0. The zero-order valence-corrected chi connectivity index (χ0v) is 32.3. The lowest BCUT2D eigenvalue weighted by molar-refractivity contribution is -0.119. The Hall–Kier alpha value is -5.12. The summed E-state index contributed by atoms with van der Waals surface area (Å²) in [6, 6.07) is 3.83. The van der Waals surface area contributed by atoms with Crippen molar-refractivity contribution in [1.82, 2.24) is 20.6 Å². The molecule has 0 radical (unpaired) electrons. The Morgan fingerprint density at radius 2 is 1.45 bits per heavy atom. The monoisotopic (exact) mass is 722 g/mol. The van der Waals surface area contributed by atoms with E-state index in [1.54, 1.807) is 13.2 Å². The first kappa shape index (κ1) is 37.6. The van der Waals surface area contributed by atoms with Crippen LogP contribution in [0.4, 0.5) is 0 Å². The van der Waals surface area contributed by atoms with Crippen LogP contribution in [0.15, 0.2) is 60.0 Å². The van der Waals surface area contributed by atoms with Gasteiger partial charge >= 0.3 is 0 Å². The van der Waals surface area contributed by atoms with Crippen LogP contribution in [-0.4, -0.2) is 57.8 Å². The molecule has 4 unspecified atom stereocenters. The van der Waals surface area contributed by atoms with Crippen molar-refractivity contribution in [2.45, 2.75) is 91.6 Å². The van der Waals surface area contributed by atoms with Gasteiger partial charge in [0.2, 0.25) is 11.8 Å². The first-order chi connectivity index (χ1) is 25.1. The number of aromatic amines is 2. The molecule has 3 heterocycles. The number of benzene rings is 2. The SMILES string of the molecule is C=C(C)C1CC(C)=CC1c1c(O)cc2c(CCNC(C)=O)c[nH]c2c1O.COc1cc2c(CCNC(C)=O)c[nH]c2c2c1C1C=C(C)CC1C(C)(C)O2. The maximum atomic E-state index is 11.2. The molecule has 2 aliphatic carbocycles. The van der Waals surface area contributed by atoms with Gasteiger partial charge < -0.3 is 40.3 Å². The second-order valence-corrected chi connectivity index (χ2v) is 15.7. The van der Waals surface area contributed by atoms with Gasteiger partial charge in [-0.25, -0.2) is 0 Å². The van der Waals surface area contributed by atoms with Crippen molar-refractivity contribution in [2.24, 2.45) is 11.8 Å². The summed E-state index contributed by atoms with van der Waals surface area (Å²) in [7, 11) is 1.73. The van der Waals surface area contributed by atoms with Gasteiger partial charge in [0.25, 0.3) is 0 Å². The predicted molar refractivity (Wildman–Crippen MR) is 210 cm³/mol. The highest BCUT2D eigenvalue weighted by atomic mass is 16.5. The van der Waals surface area contributed by atoms with E-state index in [0.717, 1.165) is 69.3 Å². The third-order valence-corrected chi connectivity index (χ3v) is 11.3. The van der Waals surface area contributed by atoms with E-state index in [4.69, 9.17) is 9.47 Å². The van der Waals surface area contributed by atoms with Crippen molar-refractivity contribution in [2.75, 3.05) is 20.2 Å². The lowest BCUT2D eigenvalue weighted by Gasteiger charge is -2.42. The fraction of sp³-hybridized carbons (Fsp3) is 0.442. The number of phenolic OH excluding ortho intramolecular Hbond substituents is 2. The van der Waals surface area contributed by atoms with E-state index >= 15 is 0 Å². The van der Waals surface area contributed by atoms with Gasteiger partial charge in [-0.05, 0) is 89.5 Å². The molecule has 7 rings (SSSR count). The number of ether oxygens (including phenoxy) is 2. The van der Waals surface area contributed by atoms with Crippen LogP contribution in [0.1, 0.15) is 95.4 Å². The number of methoxy groups -OCH3 is 1. The minimum Gasteiger partial charge on any atom is -0.507 e. The highest BCUT2D eigenvalue weighted by molar-refractivity contribution is 5.93. The highest BCUT2D eigenvalue weighted by Crippen LogP contribution is 2.57. The van der Waals surface area contributed by atoms with Crippen LogP contribution in [0.25, 0.3) is 21.8 Å². The van der Waals surface area contributed by atoms with Gasteiger partial charge in [-0.15, -0.1) is 0 Å². The van der Waals surface area contributed by atoms with Gasteiger partial charge in [0, 0.05) is 79.0 Å². The van der Waals surface area contributed by atoms with Crippen molar-refractivity contribution < 1.29 is 29.3 Å². The number of allylic oxidation sites excluding steroid dienone is 5. The van der Waals surface area contributed by atoms with Crippen molar-refractivity contribution in [3.63, 3.8) is 0 Å². The molecule has 10 nitrogen and oxygen atoms in total. The van der Waals surface area contributed by atoms with E-state index in [2.05, 4.69) is 73.1 Å². The predicted octanol–water partition coefficient (Wildman–Crippen LogP) is 7.96. The third kappa shape index (κ3) is 7.28. The molecule has 282 valence electrons. The Morgan fingerprint density at radius 1 is 0.887 bits per heavy atom. The summed E-state index contributed by atoms with van der Waals surface area (Å²) < 4.78 is 12.4. The van der Waals surface area contributed by atoms with E-state index in [1.165, 1.54) is 25.0 Å². The van der Waals surface area contributed by atoms with E-state index in [9.17, 15) is 19.8 Å².